The average molecular weight is 1270 g/mol. The molecule has 16 rings (SSSR count). The lowest BCUT2D eigenvalue weighted by molar-refractivity contribution is 0.0843. The van der Waals surface area contributed by atoms with E-state index in [0.29, 0.717) is 59.5 Å². The van der Waals surface area contributed by atoms with Crippen LogP contribution < -0.4 is 28.4 Å². The average Bonchev–Trinajstić information content (AvgIpc) is 1.71. The monoisotopic (exact) mass is 1270 g/mol. The van der Waals surface area contributed by atoms with E-state index in [0.717, 1.165) is 82.7 Å². The standard InChI is InChI=1S/C78H67F3N8O6/c79-55-40-78(49-95-76-85-71-64(74(87-76)93-47-53-24-11-4-12-25-53)41-82-69(67(71)80)62-38-56(36-54-26-13-14-27-58(54)62)90-44-50-18-5-1-6-19-50)33-30-66(89(78)43-55)60-29-15-28-59-61(60)37-57(91-45-51-20-7-2-8-21-51)39-63(59)70-68(81)72-65(42-83-70)73(92-46-52-22-9-3-10-23-52)86-75(84-72)94-48-77-31-16-34-88(77)35-17-32-77/h1-15,18-29,36-39,41-42,55,66H,16-17,30-35,40,43-49H2/t55-,66?,78+/m1/s1. The molecule has 0 amide bonds. The highest BCUT2D eigenvalue weighted by Gasteiger charge is 2.54. The fraction of sp³-hybridized carbons (Fsp3) is 0.256. The fourth-order valence-electron chi connectivity index (χ4n) is 14.9. The zero-order chi connectivity index (χ0) is 63.9. The van der Waals surface area contributed by atoms with Crippen molar-refractivity contribution in [2.24, 2.45) is 0 Å². The molecule has 0 saturated carbocycles. The highest BCUT2D eigenvalue weighted by atomic mass is 19.1. The minimum absolute atomic E-state index is 0.00980. The van der Waals surface area contributed by atoms with Gasteiger partial charge in [0.05, 0.1) is 21.9 Å². The molecule has 4 aliphatic heterocycles. The number of rotatable bonds is 21. The Morgan fingerprint density at radius 2 is 0.937 bits per heavy atom. The Kier molecular flexibility index (Phi) is 16.1. The van der Waals surface area contributed by atoms with Crippen molar-refractivity contribution in [3.63, 3.8) is 0 Å². The topological polar surface area (TPSA) is 139 Å². The Hall–Kier alpha value is -10.2. The maximum absolute atomic E-state index is 18.1. The van der Waals surface area contributed by atoms with Gasteiger partial charge in [-0.15, -0.1) is 0 Å². The van der Waals surface area contributed by atoms with E-state index in [1.54, 1.807) is 12.3 Å². The summed E-state index contributed by atoms with van der Waals surface area (Å²) in [5.74, 6) is -0.0963. The van der Waals surface area contributed by atoms with Gasteiger partial charge in [-0.05, 0) is 125 Å². The van der Waals surface area contributed by atoms with Gasteiger partial charge >= 0.3 is 12.0 Å². The molecule has 12 aromatic rings. The van der Waals surface area contributed by atoms with Gasteiger partial charge in [0.15, 0.2) is 11.6 Å². The van der Waals surface area contributed by atoms with Gasteiger partial charge in [0, 0.05) is 42.5 Å². The predicted octanol–water partition coefficient (Wildman–Crippen LogP) is 16.3. The molecule has 8 heterocycles. The normalized spacial score (nSPS) is 18.3. The zero-order valence-corrected chi connectivity index (χ0v) is 52.2. The molecule has 17 heteroatoms. The van der Waals surface area contributed by atoms with Crippen LogP contribution in [0.15, 0.2) is 200 Å². The summed E-state index contributed by atoms with van der Waals surface area (Å²) in [6, 6.07) is 59.9. The molecular formula is C78H67F3N8O6. The lowest BCUT2D eigenvalue weighted by Crippen LogP contribution is -2.44. The van der Waals surface area contributed by atoms with Crippen molar-refractivity contribution in [1.29, 1.82) is 0 Å². The van der Waals surface area contributed by atoms with Gasteiger partial charge in [-0.3, -0.25) is 19.8 Å². The van der Waals surface area contributed by atoms with Crippen molar-refractivity contribution < 1.29 is 41.6 Å². The third-order valence-corrected chi connectivity index (χ3v) is 19.5. The molecule has 95 heavy (non-hydrogen) atoms. The summed E-state index contributed by atoms with van der Waals surface area (Å²) < 4.78 is 91.4. The van der Waals surface area contributed by atoms with Crippen LogP contribution in [0.2, 0.25) is 0 Å². The van der Waals surface area contributed by atoms with E-state index >= 15 is 13.2 Å². The van der Waals surface area contributed by atoms with E-state index in [-0.39, 0.29) is 103 Å². The van der Waals surface area contributed by atoms with E-state index in [1.165, 1.54) is 6.20 Å². The summed E-state index contributed by atoms with van der Waals surface area (Å²) >= 11 is 0. The zero-order valence-electron chi connectivity index (χ0n) is 52.2. The number of fused-ring (bicyclic) bond motifs is 6. The second-order valence-electron chi connectivity index (χ2n) is 25.4. The fourth-order valence-corrected chi connectivity index (χ4v) is 14.9. The molecule has 4 saturated heterocycles. The largest absolute Gasteiger partial charge is 0.489 e. The lowest BCUT2D eigenvalue weighted by atomic mass is 9.92. The van der Waals surface area contributed by atoms with Crippen LogP contribution in [0.3, 0.4) is 0 Å². The van der Waals surface area contributed by atoms with Crippen LogP contribution in [-0.4, -0.2) is 89.8 Å². The highest BCUT2D eigenvalue weighted by Crippen LogP contribution is 2.52. The smallest absolute Gasteiger partial charge is 0.320 e. The predicted molar refractivity (Wildman–Crippen MR) is 358 cm³/mol. The lowest BCUT2D eigenvalue weighted by Gasteiger charge is -2.34. The third kappa shape index (κ3) is 11.8. The molecule has 3 atom stereocenters. The molecule has 476 valence electrons. The minimum Gasteiger partial charge on any atom is -0.489 e. The van der Waals surface area contributed by atoms with Crippen molar-refractivity contribution >= 4 is 43.4 Å². The van der Waals surface area contributed by atoms with Crippen molar-refractivity contribution in [2.75, 3.05) is 32.8 Å². The van der Waals surface area contributed by atoms with Crippen molar-refractivity contribution in [2.45, 2.75) is 94.7 Å². The summed E-state index contributed by atoms with van der Waals surface area (Å²) in [6.45, 7) is 3.37. The molecule has 0 N–H and O–H groups in total. The molecular weight excluding hydrogens is 1200 g/mol. The first-order valence-electron chi connectivity index (χ1n) is 32.6. The van der Waals surface area contributed by atoms with Crippen LogP contribution >= 0.6 is 0 Å². The van der Waals surface area contributed by atoms with Crippen LogP contribution in [-0.2, 0) is 26.4 Å². The maximum atomic E-state index is 18.1. The molecule has 4 aliphatic rings. The Morgan fingerprint density at radius 3 is 1.49 bits per heavy atom. The summed E-state index contributed by atoms with van der Waals surface area (Å²) in [5, 5.41) is 3.66. The number of hydrogen-bond acceptors (Lipinski definition) is 14. The van der Waals surface area contributed by atoms with Crippen molar-refractivity contribution in [1.82, 2.24) is 39.7 Å². The van der Waals surface area contributed by atoms with Gasteiger partial charge < -0.3 is 28.4 Å². The number of nitrogens with zero attached hydrogens (tertiary/aromatic N) is 8. The maximum Gasteiger partial charge on any atom is 0.320 e. The van der Waals surface area contributed by atoms with Crippen LogP contribution in [0, 0.1) is 11.6 Å². The van der Waals surface area contributed by atoms with Gasteiger partial charge in [0.2, 0.25) is 11.8 Å². The van der Waals surface area contributed by atoms with Crippen molar-refractivity contribution in [3.8, 4) is 57.8 Å². The van der Waals surface area contributed by atoms with Gasteiger partial charge in [0.25, 0.3) is 0 Å². The van der Waals surface area contributed by atoms with Crippen molar-refractivity contribution in [3.05, 3.63) is 240 Å². The first kappa shape index (κ1) is 59.8. The van der Waals surface area contributed by atoms with Gasteiger partial charge in [0.1, 0.15) is 79.7 Å². The summed E-state index contributed by atoms with van der Waals surface area (Å²) in [4.78, 5) is 33.5. The van der Waals surface area contributed by atoms with Gasteiger partial charge in [-0.1, -0.05) is 164 Å². The molecule has 0 radical (unpaired) electrons. The number of aromatic nitrogens is 6. The van der Waals surface area contributed by atoms with Crippen LogP contribution in [0.25, 0.3) is 65.9 Å². The SMILES string of the molecule is Fc1c(-c2cc(OCc3ccccc3)cc3ccccc23)ncc2c(OCc3ccccc3)nc(OC[C@@]34CCC(c5cccc6c(-c7ncc8c(OCc9ccccc9)nc(OCC9%10CCCN9CCC%10)nc8c7F)cc(OCc7ccccc7)cc56)N3C[C@H](F)C4)nc12. The second kappa shape index (κ2) is 25.6. The number of ether oxygens (including phenoxy) is 6. The summed E-state index contributed by atoms with van der Waals surface area (Å²) in [5.41, 5.74) is 4.73. The first-order valence-corrected chi connectivity index (χ1v) is 32.6. The van der Waals surface area contributed by atoms with E-state index in [9.17, 15) is 0 Å². The van der Waals surface area contributed by atoms with E-state index in [1.807, 2.05) is 176 Å². The molecule has 14 nitrogen and oxygen atoms in total. The van der Waals surface area contributed by atoms with Crippen LogP contribution in [0.1, 0.15) is 78.8 Å². The Bertz CT molecular complexity index is 4800. The molecule has 8 aromatic carbocycles. The second-order valence-corrected chi connectivity index (χ2v) is 25.4. The minimum atomic E-state index is -1.20. The molecule has 0 bridgehead atoms. The molecule has 4 fully saturated rings. The number of alkyl halides is 1. The quantitative estimate of drug-likeness (QED) is 0.0674. The molecule has 4 aromatic heterocycles. The van der Waals surface area contributed by atoms with Gasteiger partial charge in [-0.25, -0.2) is 13.2 Å². The Labute approximate surface area is 547 Å². The van der Waals surface area contributed by atoms with E-state index in [4.69, 9.17) is 58.3 Å². The number of hydrogen-bond donors (Lipinski definition) is 0. The van der Waals surface area contributed by atoms with E-state index < -0.39 is 23.3 Å². The summed E-state index contributed by atoms with van der Waals surface area (Å²) in [6.07, 6.45) is 7.46. The third-order valence-electron chi connectivity index (χ3n) is 19.5. The van der Waals surface area contributed by atoms with E-state index in [2.05, 4.69) is 15.9 Å². The molecule has 1 unspecified atom stereocenters. The Balaban J connectivity index is 0.749. The molecule has 0 aliphatic carbocycles. The number of pyridine rings is 2. The summed E-state index contributed by atoms with van der Waals surface area (Å²) in [7, 11) is 0. The Morgan fingerprint density at radius 1 is 0.453 bits per heavy atom. The first-order chi connectivity index (χ1) is 46.7. The number of halogens is 3. The van der Waals surface area contributed by atoms with Crippen LogP contribution in [0.5, 0.6) is 35.3 Å². The van der Waals surface area contributed by atoms with Gasteiger partial charge in [-0.2, -0.15) is 19.9 Å². The number of benzene rings is 8. The molecule has 0 spiro atoms. The van der Waals surface area contributed by atoms with Crippen LogP contribution in [0.4, 0.5) is 13.2 Å². The highest BCUT2D eigenvalue weighted by molar-refractivity contribution is 6.01.